The van der Waals surface area contributed by atoms with E-state index in [0.29, 0.717) is 25.7 Å². The Kier molecular flexibility index (Phi) is 5.34. The fourth-order valence-electron chi connectivity index (χ4n) is 4.50. The Labute approximate surface area is 154 Å². The molecule has 0 aliphatic carbocycles. The van der Waals surface area contributed by atoms with Crippen molar-refractivity contribution in [1.82, 2.24) is 0 Å². The van der Waals surface area contributed by atoms with E-state index < -0.39 is 35.6 Å². The fraction of sp³-hybridized carbons (Fsp3) is 0.895. The topological polar surface area (TPSA) is 91.3 Å². The van der Waals surface area contributed by atoms with Crippen molar-refractivity contribution < 1.29 is 33.6 Å². The van der Waals surface area contributed by atoms with Crippen LogP contribution in [0.1, 0.15) is 59.3 Å². The Balaban J connectivity index is 1.85. The lowest BCUT2D eigenvalue weighted by Crippen LogP contribution is -2.46. The van der Waals surface area contributed by atoms with Crippen molar-refractivity contribution in [2.24, 2.45) is 11.8 Å². The molecule has 3 saturated heterocycles. The summed E-state index contributed by atoms with van der Waals surface area (Å²) in [6.07, 6.45) is 2.24. The zero-order valence-electron chi connectivity index (χ0n) is 16.0. The molecule has 0 aromatic heterocycles. The summed E-state index contributed by atoms with van der Waals surface area (Å²) in [6, 6.07) is 0. The largest absolute Gasteiger partial charge is 0.469 e. The predicted molar refractivity (Wildman–Crippen MR) is 91.0 cm³/mol. The molecule has 148 valence electrons. The van der Waals surface area contributed by atoms with Crippen LogP contribution in [0.2, 0.25) is 0 Å². The minimum absolute atomic E-state index is 0.124. The van der Waals surface area contributed by atoms with Gasteiger partial charge in [0.15, 0.2) is 5.79 Å². The molecule has 0 spiro atoms. The van der Waals surface area contributed by atoms with Crippen LogP contribution in [0.25, 0.3) is 0 Å². The third kappa shape index (κ3) is 3.75. The maximum atomic E-state index is 12.4. The Bertz CT molecular complexity index is 560. The van der Waals surface area contributed by atoms with Gasteiger partial charge >= 0.3 is 11.9 Å². The van der Waals surface area contributed by atoms with Crippen molar-refractivity contribution in [3.05, 3.63) is 0 Å². The van der Waals surface area contributed by atoms with Gasteiger partial charge in [0, 0.05) is 12.8 Å². The lowest BCUT2D eigenvalue weighted by Gasteiger charge is -2.35. The first kappa shape index (κ1) is 19.6. The Hall–Kier alpha value is -1.18. The van der Waals surface area contributed by atoms with E-state index in [1.54, 1.807) is 6.92 Å². The first-order chi connectivity index (χ1) is 12.1. The first-order valence-electron chi connectivity index (χ1n) is 9.50. The lowest BCUT2D eigenvalue weighted by atomic mass is 9.85. The van der Waals surface area contributed by atoms with Crippen molar-refractivity contribution in [2.45, 2.75) is 89.0 Å². The number of aliphatic hydroxyl groups is 1. The monoisotopic (exact) mass is 370 g/mol. The maximum Gasteiger partial charge on any atom is 0.311 e. The highest BCUT2D eigenvalue weighted by Gasteiger charge is 2.55. The molecule has 3 aliphatic rings. The van der Waals surface area contributed by atoms with Gasteiger partial charge in [-0.15, -0.1) is 0 Å². The Morgan fingerprint density at radius 1 is 1.27 bits per heavy atom. The molecule has 7 nitrogen and oxygen atoms in total. The molecule has 3 aliphatic heterocycles. The summed E-state index contributed by atoms with van der Waals surface area (Å²) in [5.74, 6) is -2.23. The number of methoxy groups -OCH3 is 1. The van der Waals surface area contributed by atoms with Crippen LogP contribution in [-0.4, -0.2) is 53.9 Å². The smallest absolute Gasteiger partial charge is 0.311 e. The second kappa shape index (κ2) is 7.09. The summed E-state index contributed by atoms with van der Waals surface area (Å²) >= 11 is 0. The highest BCUT2D eigenvalue weighted by atomic mass is 16.7. The quantitative estimate of drug-likeness (QED) is 0.759. The van der Waals surface area contributed by atoms with Crippen molar-refractivity contribution in [3.8, 4) is 0 Å². The standard InChI is InChI=1S/C19H30O7/c1-11-6-5-8-19(3,22)26-15(11)16-12(17(21)23-4)10-13(24-16)18(2)9-7-14(20)25-18/h11-13,15-16,22H,5-10H2,1-4H3/t11-,12-,13+,15+,16-,18-,19-/m1/s1. The van der Waals surface area contributed by atoms with Crippen LogP contribution in [0.3, 0.4) is 0 Å². The number of esters is 2. The van der Waals surface area contributed by atoms with Gasteiger partial charge in [0.05, 0.1) is 31.3 Å². The Morgan fingerprint density at radius 2 is 2.00 bits per heavy atom. The molecule has 3 fully saturated rings. The van der Waals surface area contributed by atoms with Crippen LogP contribution in [0, 0.1) is 11.8 Å². The Morgan fingerprint density at radius 3 is 2.62 bits per heavy atom. The fourth-order valence-corrected chi connectivity index (χ4v) is 4.50. The van der Waals surface area contributed by atoms with E-state index in [1.165, 1.54) is 7.11 Å². The van der Waals surface area contributed by atoms with E-state index in [2.05, 4.69) is 6.92 Å². The van der Waals surface area contributed by atoms with Gasteiger partial charge in [-0.2, -0.15) is 0 Å². The van der Waals surface area contributed by atoms with Crippen molar-refractivity contribution in [3.63, 3.8) is 0 Å². The highest BCUT2D eigenvalue weighted by molar-refractivity contribution is 5.74. The van der Waals surface area contributed by atoms with E-state index in [1.807, 2.05) is 6.92 Å². The van der Waals surface area contributed by atoms with Crippen molar-refractivity contribution >= 4 is 11.9 Å². The summed E-state index contributed by atoms with van der Waals surface area (Å²) in [6.45, 7) is 5.55. The van der Waals surface area contributed by atoms with Crippen LogP contribution in [0.5, 0.6) is 0 Å². The third-order valence-corrected chi connectivity index (χ3v) is 6.12. The number of carbonyl (C=O) groups is 2. The molecular weight excluding hydrogens is 340 g/mol. The van der Waals surface area contributed by atoms with Crippen LogP contribution < -0.4 is 0 Å². The minimum Gasteiger partial charge on any atom is -0.469 e. The first-order valence-corrected chi connectivity index (χ1v) is 9.50. The number of hydrogen-bond acceptors (Lipinski definition) is 7. The predicted octanol–water partition coefficient (Wildman–Crippen LogP) is 1.94. The van der Waals surface area contributed by atoms with Crippen molar-refractivity contribution in [1.29, 1.82) is 0 Å². The summed E-state index contributed by atoms with van der Waals surface area (Å²) in [4.78, 5) is 24.0. The number of ether oxygens (including phenoxy) is 4. The molecule has 0 radical (unpaired) electrons. The maximum absolute atomic E-state index is 12.4. The summed E-state index contributed by atoms with van der Waals surface area (Å²) < 4.78 is 22.8. The van der Waals surface area contributed by atoms with Gasteiger partial charge < -0.3 is 24.1 Å². The third-order valence-electron chi connectivity index (χ3n) is 6.12. The van der Waals surface area contributed by atoms with Crippen LogP contribution in [0.4, 0.5) is 0 Å². The molecule has 7 heteroatoms. The van der Waals surface area contributed by atoms with Gasteiger partial charge in [0.1, 0.15) is 5.60 Å². The van der Waals surface area contributed by atoms with Gasteiger partial charge in [-0.3, -0.25) is 9.59 Å². The summed E-state index contributed by atoms with van der Waals surface area (Å²) in [5.41, 5.74) is -0.741. The zero-order chi connectivity index (χ0) is 19.1. The number of carbonyl (C=O) groups excluding carboxylic acids is 2. The van der Waals surface area contributed by atoms with E-state index in [4.69, 9.17) is 18.9 Å². The normalized spacial score (nSPS) is 46.7. The molecule has 7 atom stereocenters. The van der Waals surface area contributed by atoms with E-state index >= 15 is 0 Å². The van der Waals surface area contributed by atoms with E-state index in [-0.39, 0.29) is 17.9 Å². The molecule has 26 heavy (non-hydrogen) atoms. The molecule has 0 aromatic rings. The summed E-state index contributed by atoms with van der Waals surface area (Å²) in [7, 11) is 1.36. The van der Waals surface area contributed by atoms with Crippen molar-refractivity contribution in [2.75, 3.05) is 7.11 Å². The van der Waals surface area contributed by atoms with Crippen LogP contribution in [-0.2, 0) is 28.5 Å². The average Bonchev–Trinajstić information content (AvgIpc) is 3.13. The minimum atomic E-state index is -1.25. The molecule has 1 N–H and O–H groups in total. The second-order valence-electron chi connectivity index (χ2n) is 8.37. The molecule has 0 aromatic carbocycles. The highest BCUT2D eigenvalue weighted by Crippen LogP contribution is 2.44. The zero-order valence-corrected chi connectivity index (χ0v) is 16.0. The lowest BCUT2D eigenvalue weighted by molar-refractivity contribution is -0.251. The molecular formula is C19H30O7. The number of cyclic esters (lactones) is 1. The SMILES string of the molecule is COC(=O)[C@@H]1C[C@@H]([C@@]2(C)CCC(=O)O2)O[C@H]1[C@H]1O[C@@](C)(O)CCC[C@H]1C. The average molecular weight is 370 g/mol. The molecule has 3 rings (SSSR count). The molecule has 3 heterocycles. The van der Waals surface area contributed by atoms with Gasteiger partial charge in [0.2, 0.25) is 0 Å². The second-order valence-corrected chi connectivity index (χ2v) is 8.37. The van der Waals surface area contributed by atoms with Gasteiger partial charge in [-0.25, -0.2) is 0 Å². The summed E-state index contributed by atoms with van der Waals surface area (Å²) in [5, 5.41) is 10.5. The molecule has 0 saturated carbocycles. The van der Waals surface area contributed by atoms with Crippen LogP contribution >= 0.6 is 0 Å². The van der Waals surface area contributed by atoms with Gasteiger partial charge in [-0.05, 0) is 45.4 Å². The number of rotatable bonds is 3. The molecule has 0 unspecified atom stereocenters. The van der Waals surface area contributed by atoms with Crippen LogP contribution in [0.15, 0.2) is 0 Å². The van der Waals surface area contributed by atoms with Gasteiger partial charge in [0.25, 0.3) is 0 Å². The number of hydrogen-bond donors (Lipinski definition) is 1. The van der Waals surface area contributed by atoms with E-state index in [0.717, 1.165) is 12.8 Å². The molecule has 0 amide bonds. The van der Waals surface area contributed by atoms with Gasteiger partial charge in [-0.1, -0.05) is 6.92 Å². The molecule has 0 bridgehead atoms. The van der Waals surface area contributed by atoms with E-state index in [9.17, 15) is 14.7 Å².